The third kappa shape index (κ3) is 4.90. The maximum atomic E-state index is 12.9. The Morgan fingerprint density at radius 1 is 1.17 bits per heavy atom. The minimum atomic E-state index is -0.422. The number of aryl methyl sites for hydroxylation is 2. The summed E-state index contributed by atoms with van der Waals surface area (Å²) in [6.07, 6.45) is 2.39. The number of carbonyl (C=O) groups excluding carboxylic acids is 1. The highest BCUT2D eigenvalue weighted by Gasteiger charge is 2.43. The molecule has 0 radical (unpaired) electrons. The predicted molar refractivity (Wildman–Crippen MR) is 112 cm³/mol. The van der Waals surface area contributed by atoms with E-state index in [0.29, 0.717) is 26.3 Å². The first-order valence-electron chi connectivity index (χ1n) is 10.9. The molecule has 7 heteroatoms. The minimum Gasteiger partial charge on any atom is -0.391 e. The van der Waals surface area contributed by atoms with E-state index in [4.69, 9.17) is 4.74 Å². The summed E-state index contributed by atoms with van der Waals surface area (Å²) < 4.78 is 5.38. The number of morpholine rings is 1. The molecule has 0 aliphatic carbocycles. The lowest BCUT2D eigenvalue weighted by molar-refractivity contribution is -0.141. The van der Waals surface area contributed by atoms with Gasteiger partial charge in [0.1, 0.15) is 0 Å². The summed E-state index contributed by atoms with van der Waals surface area (Å²) in [5, 5.41) is 10.6. The maximum Gasteiger partial charge on any atom is 0.236 e. The van der Waals surface area contributed by atoms with Crippen LogP contribution in [0.3, 0.4) is 0 Å². The van der Waals surface area contributed by atoms with Crippen molar-refractivity contribution in [1.29, 1.82) is 0 Å². The molecular formula is C22H34N4O3. The lowest BCUT2D eigenvalue weighted by Crippen LogP contribution is -2.57. The van der Waals surface area contributed by atoms with Crippen LogP contribution in [0.5, 0.6) is 0 Å². The van der Waals surface area contributed by atoms with Gasteiger partial charge in [-0.2, -0.15) is 0 Å². The Hall–Kier alpha value is -1.70. The van der Waals surface area contributed by atoms with Crippen molar-refractivity contribution < 1.29 is 14.6 Å². The van der Waals surface area contributed by atoms with E-state index in [1.54, 1.807) is 0 Å². The summed E-state index contributed by atoms with van der Waals surface area (Å²) in [4.78, 5) is 23.9. The number of carbonyl (C=O) groups is 1. The molecule has 0 saturated carbocycles. The number of ether oxygens (including phenoxy) is 1. The summed E-state index contributed by atoms with van der Waals surface area (Å²) in [6.45, 7) is 10.7. The van der Waals surface area contributed by atoms with E-state index in [9.17, 15) is 9.90 Å². The highest BCUT2D eigenvalue weighted by Crippen LogP contribution is 2.41. The van der Waals surface area contributed by atoms with Gasteiger partial charge in [0.15, 0.2) is 0 Å². The third-order valence-electron chi connectivity index (χ3n) is 6.70. The van der Waals surface area contributed by atoms with E-state index >= 15 is 0 Å². The molecule has 1 aromatic heterocycles. The molecule has 1 amide bonds. The van der Waals surface area contributed by atoms with Gasteiger partial charge in [-0.15, -0.1) is 0 Å². The number of aliphatic hydroxyl groups excluding tert-OH is 1. The van der Waals surface area contributed by atoms with Crippen molar-refractivity contribution in [3.8, 4) is 0 Å². The molecule has 1 atom stereocenters. The van der Waals surface area contributed by atoms with Gasteiger partial charge >= 0.3 is 0 Å². The van der Waals surface area contributed by atoms with Crippen LogP contribution in [0.25, 0.3) is 0 Å². The largest absolute Gasteiger partial charge is 0.391 e. The van der Waals surface area contributed by atoms with Crippen LogP contribution in [0.2, 0.25) is 0 Å². The molecule has 1 spiro atoms. The van der Waals surface area contributed by atoms with Crippen molar-refractivity contribution >= 4 is 11.6 Å². The van der Waals surface area contributed by atoms with Gasteiger partial charge in [0.2, 0.25) is 5.91 Å². The molecule has 29 heavy (non-hydrogen) atoms. The van der Waals surface area contributed by atoms with Crippen molar-refractivity contribution in [3.63, 3.8) is 0 Å². The van der Waals surface area contributed by atoms with E-state index in [2.05, 4.69) is 26.9 Å². The molecule has 160 valence electrons. The van der Waals surface area contributed by atoms with Gasteiger partial charge in [0.25, 0.3) is 0 Å². The first kappa shape index (κ1) is 20.6. The number of likely N-dealkylation sites (tertiary alicyclic amines) is 1. The van der Waals surface area contributed by atoms with E-state index in [-0.39, 0.29) is 11.3 Å². The molecule has 3 fully saturated rings. The highest BCUT2D eigenvalue weighted by molar-refractivity contribution is 5.78. The fourth-order valence-corrected chi connectivity index (χ4v) is 5.19. The number of aliphatic hydroxyl groups is 1. The highest BCUT2D eigenvalue weighted by atomic mass is 16.5. The van der Waals surface area contributed by atoms with Crippen LogP contribution in [0.1, 0.15) is 30.7 Å². The standard InChI is InChI=1S/C22H34N4O3/c1-17-11-19(12-18(2)23-17)25-5-3-22(4-6-25)13-20(27)14-26(16-22)21(28)15-24-7-9-29-10-8-24/h11-12,20,27H,3-10,13-16H2,1-2H3. The van der Waals surface area contributed by atoms with Crippen molar-refractivity contribution in [2.75, 3.05) is 63.9 Å². The number of hydrogen-bond acceptors (Lipinski definition) is 6. The monoisotopic (exact) mass is 402 g/mol. The Morgan fingerprint density at radius 3 is 2.48 bits per heavy atom. The average molecular weight is 403 g/mol. The Kier molecular flexibility index (Phi) is 6.08. The summed E-state index contributed by atoms with van der Waals surface area (Å²) in [7, 11) is 0. The lowest BCUT2D eigenvalue weighted by Gasteiger charge is -2.49. The Balaban J connectivity index is 1.38. The lowest BCUT2D eigenvalue weighted by atomic mass is 9.71. The zero-order valence-electron chi connectivity index (χ0n) is 17.8. The van der Waals surface area contributed by atoms with Crippen molar-refractivity contribution in [2.45, 2.75) is 39.2 Å². The SMILES string of the molecule is Cc1cc(N2CCC3(CC2)CC(O)CN(C(=O)CN2CCOCC2)C3)cc(C)n1. The fraction of sp³-hybridized carbons (Fsp3) is 0.727. The first-order valence-corrected chi connectivity index (χ1v) is 10.9. The number of hydrogen-bond donors (Lipinski definition) is 1. The Morgan fingerprint density at radius 2 is 1.83 bits per heavy atom. The molecule has 3 saturated heterocycles. The number of anilines is 1. The molecule has 4 heterocycles. The molecule has 1 unspecified atom stereocenters. The molecule has 3 aliphatic heterocycles. The Bertz CT molecular complexity index is 707. The van der Waals surface area contributed by atoms with Crippen LogP contribution < -0.4 is 4.90 Å². The Labute approximate surface area is 173 Å². The molecule has 4 rings (SSSR count). The summed E-state index contributed by atoms with van der Waals surface area (Å²) >= 11 is 0. The summed E-state index contributed by atoms with van der Waals surface area (Å²) in [5.74, 6) is 0.146. The summed E-state index contributed by atoms with van der Waals surface area (Å²) in [6, 6.07) is 4.30. The van der Waals surface area contributed by atoms with Gasteiger partial charge in [0, 0.05) is 56.3 Å². The zero-order valence-corrected chi connectivity index (χ0v) is 17.8. The second kappa shape index (κ2) is 8.58. The van der Waals surface area contributed by atoms with Crippen LogP contribution in [-0.4, -0.2) is 90.9 Å². The number of aromatic nitrogens is 1. The number of rotatable bonds is 3. The maximum absolute atomic E-state index is 12.9. The van der Waals surface area contributed by atoms with E-state index < -0.39 is 6.10 Å². The number of β-amino-alcohol motifs (C(OH)–C–C–N with tert-alkyl or cyclic N) is 1. The number of amides is 1. The third-order valence-corrected chi connectivity index (χ3v) is 6.70. The first-order chi connectivity index (χ1) is 13.9. The molecule has 1 N–H and O–H groups in total. The van der Waals surface area contributed by atoms with Crippen LogP contribution >= 0.6 is 0 Å². The summed E-state index contributed by atoms with van der Waals surface area (Å²) in [5.41, 5.74) is 3.37. The smallest absolute Gasteiger partial charge is 0.236 e. The van der Waals surface area contributed by atoms with Gasteiger partial charge in [-0.05, 0) is 50.7 Å². The second-order valence-electron chi connectivity index (χ2n) is 9.12. The minimum absolute atomic E-state index is 0.0337. The molecule has 0 aromatic carbocycles. The van der Waals surface area contributed by atoms with Crippen molar-refractivity contribution in [2.24, 2.45) is 5.41 Å². The van der Waals surface area contributed by atoms with E-state index in [0.717, 1.165) is 63.4 Å². The molecule has 3 aliphatic rings. The molecule has 7 nitrogen and oxygen atoms in total. The van der Waals surface area contributed by atoms with Gasteiger partial charge in [-0.1, -0.05) is 0 Å². The van der Waals surface area contributed by atoms with E-state index in [1.165, 1.54) is 5.69 Å². The average Bonchev–Trinajstić information content (AvgIpc) is 2.68. The predicted octanol–water partition coefficient (Wildman–Crippen LogP) is 1.21. The van der Waals surface area contributed by atoms with Crippen molar-refractivity contribution in [1.82, 2.24) is 14.8 Å². The van der Waals surface area contributed by atoms with Crippen LogP contribution in [0, 0.1) is 19.3 Å². The number of piperidine rings is 2. The molecule has 0 bridgehead atoms. The molecule has 1 aromatic rings. The normalized spacial score (nSPS) is 25.4. The quantitative estimate of drug-likeness (QED) is 0.820. The van der Waals surface area contributed by atoms with Crippen LogP contribution in [0.15, 0.2) is 12.1 Å². The van der Waals surface area contributed by atoms with Crippen LogP contribution in [0.4, 0.5) is 5.69 Å². The van der Waals surface area contributed by atoms with Gasteiger partial charge in [-0.3, -0.25) is 14.7 Å². The van der Waals surface area contributed by atoms with Crippen LogP contribution in [-0.2, 0) is 9.53 Å². The fourth-order valence-electron chi connectivity index (χ4n) is 5.19. The number of nitrogens with zero attached hydrogens (tertiary/aromatic N) is 4. The number of pyridine rings is 1. The van der Waals surface area contributed by atoms with Crippen molar-refractivity contribution in [3.05, 3.63) is 23.5 Å². The van der Waals surface area contributed by atoms with E-state index in [1.807, 2.05) is 18.7 Å². The zero-order chi connectivity index (χ0) is 20.4. The second-order valence-corrected chi connectivity index (χ2v) is 9.12. The van der Waals surface area contributed by atoms with Gasteiger partial charge < -0.3 is 19.6 Å². The van der Waals surface area contributed by atoms with Gasteiger partial charge in [-0.25, -0.2) is 0 Å². The topological polar surface area (TPSA) is 69.1 Å². The molecular weight excluding hydrogens is 368 g/mol. The van der Waals surface area contributed by atoms with Gasteiger partial charge in [0.05, 0.1) is 25.9 Å².